The second kappa shape index (κ2) is 9.56. The molecular weight excluding hydrogens is 418 g/mol. The molecule has 0 saturated carbocycles. The fourth-order valence-electron chi connectivity index (χ4n) is 3.40. The smallest absolute Gasteiger partial charge is 0.338 e. The van der Waals surface area contributed by atoms with E-state index in [1.165, 1.54) is 0 Å². The number of methoxy groups -OCH3 is 1. The molecule has 0 fully saturated rings. The first-order valence-corrected chi connectivity index (χ1v) is 10.7. The van der Waals surface area contributed by atoms with Gasteiger partial charge in [0.25, 0.3) is 5.91 Å². The number of nitrogens with one attached hydrogen (secondary N) is 2. The molecule has 7 nitrogen and oxygen atoms in total. The van der Waals surface area contributed by atoms with Crippen LogP contribution in [0.1, 0.15) is 29.3 Å². The number of anilines is 1. The van der Waals surface area contributed by atoms with Gasteiger partial charge in [-0.3, -0.25) is 4.79 Å². The van der Waals surface area contributed by atoms with Crippen LogP contribution in [0, 0.1) is 6.92 Å². The molecule has 0 spiro atoms. The zero-order valence-corrected chi connectivity index (χ0v) is 18.7. The van der Waals surface area contributed by atoms with Gasteiger partial charge in [-0.2, -0.15) is 0 Å². The number of nitrogens with zero attached hydrogens (tertiary/aromatic N) is 1. The molecule has 1 heterocycles. The predicted molar refractivity (Wildman–Crippen MR) is 127 cm³/mol. The minimum absolute atomic E-state index is 0.342. The molecule has 0 aliphatic heterocycles. The molecule has 168 valence electrons. The molecule has 0 bridgehead atoms. The third-order valence-electron chi connectivity index (χ3n) is 5.31. The van der Waals surface area contributed by atoms with E-state index in [0.717, 1.165) is 22.4 Å². The summed E-state index contributed by atoms with van der Waals surface area (Å²) in [5, 5.41) is 2.79. The summed E-state index contributed by atoms with van der Waals surface area (Å²) in [6, 6.07) is 20.1. The normalized spacial score (nSPS) is 11.7. The number of ether oxygens (including phenoxy) is 2. The van der Waals surface area contributed by atoms with E-state index in [-0.39, 0.29) is 5.91 Å². The topological polar surface area (TPSA) is 93.3 Å². The Morgan fingerprint density at radius 3 is 2.42 bits per heavy atom. The highest BCUT2D eigenvalue weighted by molar-refractivity contribution is 5.99. The van der Waals surface area contributed by atoms with Crippen molar-refractivity contribution < 1.29 is 19.1 Å². The molecule has 1 aromatic heterocycles. The standard InChI is InChI=1S/C26H25N3O4/c1-4-23(25(30)27-19-10-5-16(2)6-11-19)33-26(31)18-9-14-21-22(15-18)29-24(28-21)17-7-12-20(32-3)13-8-17/h5-15,23H,4H2,1-3H3,(H,27,30)(H,28,29). The molecule has 1 unspecified atom stereocenters. The van der Waals surface area contributed by atoms with Crippen molar-refractivity contribution in [2.45, 2.75) is 26.4 Å². The molecule has 1 amide bonds. The molecule has 0 radical (unpaired) electrons. The lowest BCUT2D eigenvalue weighted by Gasteiger charge is -2.16. The number of hydrogen-bond donors (Lipinski definition) is 2. The summed E-state index contributed by atoms with van der Waals surface area (Å²) in [5.41, 5.74) is 4.42. The molecule has 0 aliphatic rings. The number of aromatic nitrogens is 2. The van der Waals surface area contributed by atoms with Crippen LogP contribution >= 0.6 is 0 Å². The van der Waals surface area contributed by atoms with E-state index in [4.69, 9.17) is 9.47 Å². The molecule has 1 atom stereocenters. The maximum absolute atomic E-state index is 12.8. The van der Waals surface area contributed by atoms with Crippen LogP contribution < -0.4 is 10.1 Å². The number of rotatable bonds is 7. The van der Waals surface area contributed by atoms with Crippen LogP contribution in [-0.2, 0) is 9.53 Å². The maximum Gasteiger partial charge on any atom is 0.338 e. The van der Waals surface area contributed by atoms with E-state index in [2.05, 4.69) is 15.3 Å². The lowest BCUT2D eigenvalue weighted by atomic mass is 10.2. The van der Waals surface area contributed by atoms with Gasteiger partial charge in [0.05, 0.1) is 23.7 Å². The van der Waals surface area contributed by atoms with Gasteiger partial charge in [0, 0.05) is 11.3 Å². The van der Waals surface area contributed by atoms with Gasteiger partial charge in [-0.1, -0.05) is 24.6 Å². The quantitative estimate of drug-likeness (QED) is 0.387. The van der Waals surface area contributed by atoms with Gasteiger partial charge in [-0.25, -0.2) is 9.78 Å². The van der Waals surface area contributed by atoms with Gasteiger partial charge >= 0.3 is 5.97 Å². The molecule has 2 N–H and O–H groups in total. The monoisotopic (exact) mass is 443 g/mol. The fourth-order valence-corrected chi connectivity index (χ4v) is 3.40. The first kappa shape index (κ1) is 22.1. The van der Waals surface area contributed by atoms with Gasteiger partial charge < -0.3 is 19.8 Å². The van der Waals surface area contributed by atoms with Gasteiger partial charge in [0.1, 0.15) is 11.6 Å². The van der Waals surface area contributed by atoms with E-state index in [9.17, 15) is 9.59 Å². The second-order valence-electron chi connectivity index (χ2n) is 7.70. The van der Waals surface area contributed by atoms with Crippen molar-refractivity contribution in [3.05, 3.63) is 77.9 Å². The number of benzene rings is 3. The predicted octanol–water partition coefficient (Wildman–Crippen LogP) is 5.12. The molecule has 0 saturated heterocycles. The minimum atomic E-state index is -0.897. The van der Waals surface area contributed by atoms with Gasteiger partial charge in [-0.05, 0) is 67.9 Å². The van der Waals surface area contributed by atoms with Crippen molar-refractivity contribution >= 4 is 28.6 Å². The molecule has 4 aromatic rings. The highest BCUT2D eigenvalue weighted by atomic mass is 16.5. The average Bonchev–Trinajstić information content (AvgIpc) is 3.27. The Labute approximate surface area is 191 Å². The number of imidazole rings is 1. The number of carbonyl (C=O) groups excluding carboxylic acids is 2. The Bertz CT molecular complexity index is 1280. The van der Waals surface area contributed by atoms with Crippen LogP contribution in [0.3, 0.4) is 0 Å². The summed E-state index contributed by atoms with van der Waals surface area (Å²) in [5.74, 6) is 0.515. The fraction of sp³-hybridized carbons (Fsp3) is 0.192. The van der Waals surface area contributed by atoms with Crippen LogP contribution in [-0.4, -0.2) is 35.1 Å². The summed E-state index contributed by atoms with van der Waals surface area (Å²) < 4.78 is 10.7. The zero-order chi connectivity index (χ0) is 23.4. The maximum atomic E-state index is 12.8. The highest BCUT2D eigenvalue weighted by Gasteiger charge is 2.22. The Morgan fingerprint density at radius 2 is 1.76 bits per heavy atom. The van der Waals surface area contributed by atoms with Crippen molar-refractivity contribution in [3.8, 4) is 17.1 Å². The molecular formula is C26H25N3O4. The van der Waals surface area contributed by atoms with E-state index in [0.29, 0.717) is 29.0 Å². The van der Waals surface area contributed by atoms with Crippen LogP contribution in [0.4, 0.5) is 5.69 Å². The Kier molecular flexibility index (Phi) is 6.40. The third kappa shape index (κ3) is 5.03. The largest absolute Gasteiger partial charge is 0.497 e. The van der Waals surface area contributed by atoms with E-state index in [1.54, 1.807) is 32.2 Å². The van der Waals surface area contributed by atoms with Gasteiger partial charge in [0.15, 0.2) is 6.10 Å². The van der Waals surface area contributed by atoms with Gasteiger partial charge in [-0.15, -0.1) is 0 Å². The lowest BCUT2D eigenvalue weighted by molar-refractivity contribution is -0.124. The summed E-state index contributed by atoms with van der Waals surface area (Å²) in [4.78, 5) is 33.2. The number of H-pyrrole nitrogens is 1. The summed E-state index contributed by atoms with van der Waals surface area (Å²) >= 11 is 0. The van der Waals surface area contributed by atoms with Crippen LogP contribution in [0.25, 0.3) is 22.4 Å². The van der Waals surface area contributed by atoms with Crippen molar-refractivity contribution in [1.82, 2.24) is 9.97 Å². The first-order chi connectivity index (χ1) is 16.0. The number of aryl methyl sites for hydroxylation is 1. The molecule has 4 rings (SSSR count). The number of fused-ring (bicyclic) bond motifs is 1. The third-order valence-corrected chi connectivity index (χ3v) is 5.31. The SMILES string of the molecule is CCC(OC(=O)c1ccc2nc(-c3ccc(OC)cc3)[nH]c2c1)C(=O)Nc1ccc(C)cc1. The summed E-state index contributed by atoms with van der Waals surface area (Å²) in [6.45, 7) is 3.77. The van der Waals surface area contributed by atoms with E-state index < -0.39 is 12.1 Å². The second-order valence-corrected chi connectivity index (χ2v) is 7.70. The average molecular weight is 444 g/mol. The van der Waals surface area contributed by atoms with E-state index in [1.807, 2.05) is 55.5 Å². The van der Waals surface area contributed by atoms with E-state index >= 15 is 0 Å². The molecule has 3 aromatic carbocycles. The first-order valence-electron chi connectivity index (χ1n) is 10.7. The molecule has 0 aliphatic carbocycles. The summed E-state index contributed by atoms with van der Waals surface area (Å²) in [6.07, 6.45) is -0.539. The molecule has 7 heteroatoms. The Hall–Kier alpha value is -4.13. The van der Waals surface area contributed by atoms with Crippen molar-refractivity contribution in [2.24, 2.45) is 0 Å². The van der Waals surface area contributed by atoms with Crippen LogP contribution in [0.5, 0.6) is 5.75 Å². The highest BCUT2D eigenvalue weighted by Crippen LogP contribution is 2.24. The minimum Gasteiger partial charge on any atom is -0.497 e. The van der Waals surface area contributed by atoms with Gasteiger partial charge in [0.2, 0.25) is 0 Å². The van der Waals surface area contributed by atoms with Crippen molar-refractivity contribution in [3.63, 3.8) is 0 Å². The van der Waals surface area contributed by atoms with Crippen LogP contribution in [0.15, 0.2) is 66.7 Å². The summed E-state index contributed by atoms with van der Waals surface area (Å²) in [7, 11) is 1.62. The number of esters is 1. The molecule has 33 heavy (non-hydrogen) atoms. The number of aromatic amines is 1. The van der Waals surface area contributed by atoms with Crippen molar-refractivity contribution in [2.75, 3.05) is 12.4 Å². The Balaban J connectivity index is 1.48. The number of amides is 1. The zero-order valence-electron chi connectivity index (χ0n) is 18.7. The van der Waals surface area contributed by atoms with Crippen LogP contribution in [0.2, 0.25) is 0 Å². The number of carbonyl (C=O) groups is 2. The van der Waals surface area contributed by atoms with Crippen molar-refractivity contribution in [1.29, 1.82) is 0 Å². The number of hydrogen-bond acceptors (Lipinski definition) is 5. The Morgan fingerprint density at radius 1 is 1.03 bits per heavy atom. The lowest BCUT2D eigenvalue weighted by Crippen LogP contribution is -2.32.